The number of carbonyl (C=O) groups is 2. The van der Waals surface area contributed by atoms with Gasteiger partial charge in [0.15, 0.2) is 0 Å². The lowest BCUT2D eigenvalue weighted by Crippen LogP contribution is -2.41. The maximum absolute atomic E-state index is 12.7. The average Bonchev–Trinajstić information content (AvgIpc) is 2.78. The highest BCUT2D eigenvalue weighted by molar-refractivity contribution is 5.94. The lowest BCUT2D eigenvalue weighted by molar-refractivity contribution is -0.134. The topological polar surface area (TPSA) is 67.9 Å². The molecule has 0 saturated carbocycles. The van der Waals surface area contributed by atoms with E-state index < -0.39 is 0 Å². The van der Waals surface area contributed by atoms with Crippen LogP contribution in [0.15, 0.2) is 48.5 Å². The molecule has 1 aliphatic heterocycles. The number of likely N-dealkylation sites (tertiary alicyclic amines) is 1. The van der Waals surface area contributed by atoms with Crippen LogP contribution < -0.4 is 14.8 Å². The van der Waals surface area contributed by atoms with Crippen LogP contribution in [0.25, 0.3) is 0 Å². The summed E-state index contributed by atoms with van der Waals surface area (Å²) >= 11 is 0. The molecule has 1 fully saturated rings. The zero-order chi connectivity index (χ0) is 20.6. The maximum atomic E-state index is 12.7. The first-order valence-electron chi connectivity index (χ1n) is 9.95. The van der Waals surface area contributed by atoms with Crippen LogP contribution in [-0.2, 0) is 16.0 Å². The Balaban J connectivity index is 1.48. The number of carbonyl (C=O) groups excluding carboxylic acids is 2. The summed E-state index contributed by atoms with van der Waals surface area (Å²) in [5.41, 5.74) is 1.79. The molecule has 1 heterocycles. The lowest BCUT2D eigenvalue weighted by atomic mass is 9.95. The predicted octanol–water partition coefficient (Wildman–Crippen LogP) is 3.51. The van der Waals surface area contributed by atoms with Crippen LogP contribution in [0.4, 0.5) is 5.69 Å². The average molecular weight is 396 g/mol. The molecule has 0 atom stereocenters. The van der Waals surface area contributed by atoms with Gasteiger partial charge in [-0.15, -0.1) is 0 Å². The number of rotatable bonds is 7. The van der Waals surface area contributed by atoms with Crippen LogP contribution in [-0.4, -0.2) is 44.0 Å². The van der Waals surface area contributed by atoms with Crippen molar-refractivity contribution in [1.82, 2.24) is 4.90 Å². The Bertz CT molecular complexity index is 830. The van der Waals surface area contributed by atoms with Gasteiger partial charge in [-0.1, -0.05) is 30.3 Å². The molecule has 0 spiro atoms. The minimum atomic E-state index is -0.111. The molecule has 0 unspecified atom stereocenters. The van der Waals surface area contributed by atoms with E-state index in [2.05, 4.69) is 5.32 Å². The monoisotopic (exact) mass is 396 g/mol. The molecule has 29 heavy (non-hydrogen) atoms. The summed E-state index contributed by atoms with van der Waals surface area (Å²) in [5.74, 6) is 1.24. The van der Waals surface area contributed by atoms with Crippen molar-refractivity contribution >= 4 is 17.5 Å². The van der Waals surface area contributed by atoms with Gasteiger partial charge in [0.05, 0.1) is 19.9 Å². The van der Waals surface area contributed by atoms with E-state index in [0.29, 0.717) is 49.5 Å². The van der Waals surface area contributed by atoms with E-state index in [1.54, 1.807) is 32.4 Å². The van der Waals surface area contributed by atoms with E-state index in [4.69, 9.17) is 9.47 Å². The van der Waals surface area contributed by atoms with Crippen LogP contribution >= 0.6 is 0 Å². The second kappa shape index (κ2) is 9.96. The molecule has 0 aromatic heterocycles. The first-order valence-corrected chi connectivity index (χ1v) is 9.95. The van der Waals surface area contributed by atoms with Gasteiger partial charge in [0.1, 0.15) is 11.5 Å². The van der Waals surface area contributed by atoms with Crippen LogP contribution in [0, 0.1) is 5.92 Å². The quantitative estimate of drug-likeness (QED) is 0.778. The van der Waals surface area contributed by atoms with E-state index in [-0.39, 0.29) is 17.7 Å². The Morgan fingerprint density at radius 1 is 1.03 bits per heavy atom. The Kier molecular flexibility index (Phi) is 7.11. The number of ether oxygens (including phenoxy) is 2. The standard InChI is InChI=1S/C23H28N2O4/c1-28-19-9-10-20(21(16-19)29-2)24-23(27)18-12-14-25(15-13-18)22(26)11-8-17-6-4-3-5-7-17/h3-7,9-10,16,18H,8,11-15H2,1-2H3,(H,24,27). The molecule has 6 nitrogen and oxygen atoms in total. The Hall–Kier alpha value is -3.02. The summed E-state index contributed by atoms with van der Waals surface area (Å²) in [5, 5.41) is 2.95. The highest BCUT2D eigenvalue weighted by atomic mass is 16.5. The second-order valence-electron chi connectivity index (χ2n) is 7.20. The van der Waals surface area contributed by atoms with E-state index in [0.717, 1.165) is 6.42 Å². The van der Waals surface area contributed by atoms with Crippen molar-refractivity contribution in [2.45, 2.75) is 25.7 Å². The first kappa shape index (κ1) is 20.7. The van der Waals surface area contributed by atoms with Crippen LogP contribution in [0.2, 0.25) is 0 Å². The molecule has 1 N–H and O–H groups in total. The zero-order valence-corrected chi connectivity index (χ0v) is 17.0. The number of hydrogen-bond acceptors (Lipinski definition) is 4. The van der Waals surface area contributed by atoms with E-state index in [9.17, 15) is 9.59 Å². The van der Waals surface area contributed by atoms with Gasteiger partial charge < -0.3 is 19.7 Å². The fourth-order valence-electron chi connectivity index (χ4n) is 3.58. The molecule has 6 heteroatoms. The van der Waals surface area contributed by atoms with E-state index in [1.807, 2.05) is 35.2 Å². The normalized spacial score (nSPS) is 14.3. The van der Waals surface area contributed by atoms with E-state index in [1.165, 1.54) is 5.56 Å². The molecule has 3 rings (SSSR count). The number of nitrogens with one attached hydrogen (secondary N) is 1. The van der Waals surface area contributed by atoms with Crippen molar-refractivity contribution in [2.75, 3.05) is 32.6 Å². The number of aryl methyl sites for hydroxylation is 1. The molecule has 2 aromatic carbocycles. The second-order valence-corrected chi connectivity index (χ2v) is 7.20. The summed E-state index contributed by atoms with van der Waals surface area (Å²) in [6.45, 7) is 1.23. The molecule has 154 valence electrons. The van der Waals surface area contributed by atoms with Crippen LogP contribution in [0.5, 0.6) is 11.5 Å². The van der Waals surface area contributed by atoms with Gasteiger partial charge in [-0.05, 0) is 37.0 Å². The molecular formula is C23H28N2O4. The fourth-order valence-corrected chi connectivity index (χ4v) is 3.58. The number of piperidine rings is 1. The molecule has 2 aromatic rings. The Labute approximate surface area is 171 Å². The van der Waals surface area contributed by atoms with Crippen molar-refractivity contribution in [3.8, 4) is 11.5 Å². The maximum Gasteiger partial charge on any atom is 0.227 e. The van der Waals surface area contributed by atoms with Crippen molar-refractivity contribution in [1.29, 1.82) is 0 Å². The van der Waals surface area contributed by atoms with E-state index >= 15 is 0 Å². The first-order chi connectivity index (χ1) is 14.1. The minimum Gasteiger partial charge on any atom is -0.497 e. The Morgan fingerprint density at radius 2 is 1.76 bits per heavy atom. The molecule has 1 aliphatic rings. The third-order valence-corrected chi connectivity index (χ3v) is 5.36. The number of nitrogens with zero attached hydrogens (tertiary/aromatic N) is 1. The summed E-state index contributed by atoms with van der Waals surface area (Å²) in [6.07, 6.45) is 2.59. The minimum absolute atomic E-state index is 0.0372. The van der Waals surface area contributed by atoms with Gasteiger partial charge in [0.25, 0.3) is 0 Å². The summed E-state index contributed by atoms with van der Waals surface area (Å²) in [7, 11) is 3.14. The van der Waals surface area contributed by atoms with Crippen LogP contribution in [0.3, 0.4) is 0 Å². The number of amides is 2. The highest BCUT2D eigenvalue weighted by Gasteiger charge is 2.27. The third-order valence-electron chi connectivity index (χ3n) is 5.36. The molecule has 1 saturated heterocycles. The molecule has 0 bridgehead atoms. The smallest absolute Gasteiger partial charge is 0.227 e. The third kappa shape index (κ3) is 5.50. The van der Waals surface area contributed by atoms with Gasteiger partial charge in [0, 0.05) is 31.5 Å². The SMILES string of the molecule is COc1ccc(NC(=O)C2CCN(C(=O)CCc3ccccc3)CC2)c(OC)c1. The number of methoxy groups -OCH3 is 2. The summed E-state index contributed by atoms with van der Waals surface area (Å²) in [4.78, 5) is 27.0. The predicted molar refractivity (Wildman–Crippen MR) is 112 cm³/mol. The lowest BCUT2D eigenvalue weighted by Gasteiger charge is -2.31. The summed E-state index contributed by atoms with van der Waals surface area (Å²) in [6, 6.07) is 15.3. The molecule has 0 radical (unpaired) electrons. The van der Waals surface area contributed by atoms with Gasteiger partial charge in [-0.3, -0.25) is 9.59 Å². The fraction of sp³-hybridized carbons (Fsp3) is 0.391. The van der Waals surface area contributed by atoms with Crippen molar-refractivity contribution in [3.05, 3.63) is 54.1 Å². The molecular weight excluding hydrogens is 368 g/mol. The molecule has 0 aliphatic carbocycles. The van der Waals surface area contributed by atoms with Gasteiger partial charge >= 0.3 is 0 Å². The van der Waals surface area contributed by atoms with Crippen molar-refractivity contribution < 1.29 is 19.1 Å². The van der Waals surface area contributed by atoms with Crippen molar-refractivity contribution in [2.24, 2.45) is 5.92 Å². The highest BCUT2D eigenvalue weighted by Crippen LogP contribution is 2.30. The number of benzene rings is 2. The van der Waals surface area contributed by atoms with Gasteiger partial charge in [-0.25, -0.2) is 0 Å². The zero-order valence-electron chi connectivity index (χ0n) is 17.0. The number of anilines is 1. The van der Waals surface area contributed by atoms with Gasteiger partial charge in [0.2, 0.25) is 11.8 Å². The van der Waals surface area contributed by atoms with Crippen molar-refractivity contribution in [3.63, 3.8) is 0 Å². The number of hydrogen-bond donors (Lipinski definition) is 1. The van der Waals surface area contributed by atoms with Gasteiger partial charge in [-0.2, -0.15) is 0 Å². The largest absolute Gasteiger partial charge is 0.497 e. The van der Waals surface area contributed by atoms with Crippen LogP contribution in [0.1, 0.15) is 24.8 Å². The Morgan fingerprint density at radius 3 is 2.41 bits per heavy atom. The summed E-state index contributed by atoms with van der Waals surface area (Å²) < 4.78 is 10.5. The molecule has 2 amide bonds.